The van der Waals surface area contributed by atoms with E-state index in [2.05, 4.69) is 37.2 Å². The van der Waals surface area contributed by atoms with Gasteiger partial charge in [0.1, 0.15) is 60.8 Å². The van der Waals surface area contributed by atoms with Crippen molar-refractivity contribution in [1.82, 2.24) is 47.0 Å². The number of carbonyl (C=O) groups excluding carboxylic acids is 11. The van der Waals surface area contributed by atoms with Gasteiger partial charge in [0.2, 0.25) is 59.1 Å². The van der Waals surface area contributed by atoms with Gasteiger partial charge in [0, 0.05) is 6.42 Å². The van der Waals surface area contributed by atoms with Crippen LogP contribution >= 0.6 is 11.8 Å². The SMILES string of the molecule is CSCC[C@@H]1NC(=O)[C@H](CCC(=O)O)NC(=O)[C@H](CC(N)=O)NC(=O)CNC(=O)[C@@H]2CCC(O)N2C(=O)[C@H](CC(N)=O)NC(=O)[C@H](C(C)C)NC(=O)[C@@H]2CCC(O)N2C(=O)[C@H]([C@@H](C)O)NC1=O. The average molecular weight is 972 g/mol. The number of thioether (sulfide) groups is 1. The van der Waals surface area contributed by atoms with Gasteiger partial charge in [0.05, 0.1) is 25.5 Å². The van der Waals surface area contributed by atoms with Gasteiger partial charge < -0.3 is 78.9 Å². The van der Waals surface area contributed by atoms with E-state index in [1.165, 1.54) is 25.6 Å². The Morgan fingerprint density at radius 2 is 1.10 bits per heavy atom. The first kappa shape index (κ1) is 55.2. The third kappa shape index (κ3) is 15.5. The van der Waals surface area contributed by atoms with Crippen LogP contribution in [0, 0.1) is 5.92 Å². The fourth-order valence-electron chi connectivity index (χ4n) is 7.66. The first-order valence-electron chi connectivity index (χ1n) is 21.4. The Morgan fingerprint density at radius 1 is 0.627 bits per heavy atom. The largest absolute Gasteiger partial charge is 0.481 e. The highest BCUT2D eigenvalue weighted by molar-refractivity contribution is 7.98. The Morgan fingerprint density at radius 3 is 1.63 bits per heavy atom. The molecule has 0 spiro atoms. The van der Waals surface area contributed by atoms with Crippen LogP contribution in [0.25, 0.3) is 0 Å². The molecule has 3 saturated heterocycles. The van der Waals surface area contributed by atoms with E-state index in [4.69, 9.17) is 11.5 Å². The molecule has 0 aromatic carbocycles. The summed E-state index contributed by atoms with van der Waals surface area (Å²) in [5.74, 6) is -14.1. The van der Waals surface area contributed by atoms with Crippen LogP contribution < -0.4 is 48.7 Å². The molecule has 27 nitrogen and oxygen atoms in total. The molecule has 11 atom stereocenters. The number of nitrogens with one attached hydrogen (secondary N) is 7. The third-order valence-corrected chi connectivity index (χ3v) is 11.8. The summed E-state index contributed by atoms with van der Waals surface area (Å²) in [6.07, 6.45) is -7.23. The molecule has 0 aliphatic carbocycles. The first-order valence-corrected chi connectivity index (χ1v) is 22.8. The second kappa shape index (κ2) is 25.1. The average Bonchev–Trinajstić information content (AvgIpc) is 3.83. The van der Waals surface area contributed by atoms with Gasteiger partial charge in [0.25, 0.3) is 5.91 Å². The number of carboxylic acid groups (broad SMARTS) is 1. The highest BCUT2D eigenvalue weighted by Gasteiger charge is 2.47. The van der Waals surface area contributed by atoms with Crippen molar-refractivity contribution in [3.8, 4) is 0 Å². The molecule has 3 rings (SSSR count). The monoisotopic (exact) mass is 971 g/mol. The van der Waals surface area contributed by atoms with Crippen molar-refractivity contribution in [3.05, 3.63) is 0 Å². The Bertz CT molecular complexity index is 1920. The molecular weight excluding hydrogens is 911 g/mol. The molecule has 3 aliphatic rings. The van der Waals surface area contributed by atoms with Gasteiger partial charge in [0.15, 0.2) is 0 Å². The smallest absolute Gasteiger partial charge is 0.303 e. The molecule has 3 aliphatic heterocycles. The summed E-state index contributed by atoms with van der Waals surface area (Å²) in [6.45, 7) is 3.22. The van der Waals surface area contributed by atoms with Gasteiger partial charge in [-0.2, -0.15) is 11.8 Å². The maximum atomic E-state index is 14.1. The highest BCUT2D eigenvalue weighted by Crippen LogP contribution is 2.26. The van der Waals surface area contributed by atoms with Gasteiger partial charge >= 0.3 is 5.97 Å². The van der Waals surface area contributed by atoms with Crippen LogP contribution in [0.1, 0.15) is 78.6 Å². The molecule has 3 fully saturated rings. The number of primary amides is 2. The number of aliphatic carboxylic acids is 1. The van der Waals surface area contributed by atoms with Crippen molar-refractivity contribution in [2.45, 2.75) is 145 Å². The first-order chi connectivity index (χ1) is 31.4. The molecular formula is C39H61N11O16S. The van der Waals surface area contributed by atoms with E-state index >= 15 is 0 Å². The van der Waals surface area contributed by atoms with Gasteiger partial charge in [-0.25, -0.2) is 0 Å². The summed E-state index contributed by atoms with van der Waals surface area (Å²) >= 11 is 1.24. The van der Waals surface area contributed by atoms with Crippen LogP contribution in [0.3, 0.4) is 0 Å². The molecule has 28 heteroatoms. The van der Waals surface area contributed by atoms with Gasteiger partial charge in [-0.3, -0.25) is 57.5 Å². The lowest BCUT2D eigenvalue weighted by atomic mass is 10.0. The number of nitrogens with zero attached hydrogens (tertiary/aromatic N) is 2. The normalized spacial score (nSPS) is 29.5. The van der Waals surface area contributed by atoms with Crippen LogP contribution in [0.4, 0.5) is 0 Å². The zero-order valence-corrected chi connectivity index (χ0v) is 38.2. The highest BCUT2D eigenvalue weighted by atomic mass is 32.2. The maximum Gasteiger partial charge on any atom is 0.303 e. The fraction of sp³-hybridized carbons (Fsp3) is 0.692. The van der Waals surface area contributed by atoms with Crippen molar-refractivity contribution >= 4 is 82.7 Å². The van der Waals surface area contributed by atoms with Crippen molar-refractivity contribution in [1.29, 1.82) is 0 Å². The lowest BCUT2D eigenvalue weighted by molar-refractivity contribution is -0.153. The molecule has 0 radical (unpaired) electrons. The Labute approximate surface area is 388 Å². The molecule has 0 aromatic heterocycles. The lowest BCUT2D eigenvalue weighted by Crippen LogP contribution is -2.63. The number of hydrogen-bond donors (Lipinski definition) is 13. The summed E-state index contributed by atoms with van der Waals surface area (Å²) in [6, 6.07) is -13.3. The number of aliphatic hydroxyl groups is 3. The Hall–Kier alpha value is -6.13. The van der Waals surface area contributed by atoms with Crippen molar-refractivity contribution in [2.75, 3.05) is 18.6 Å². The topological polar surface area (TPSA) is 428 Å². The van der Waals surface area contributed by atoms with E-state index in [0.29, 0.717) is 9.80 Å². The number of carboxylic acids is 1. The molecule has 374 valence electrons. The van der Waals surface area contributed by atoms with Crippen LogP contribution in [0.5, 0.6) is 0 Å². The third-order valence-electron chi connectivity index (χ3n) is 11.1. The van der Waals surface area contributed by atoms with E-state index in [9.17, 15) is 78.0 Å². The number of hydrogen-bond acceptors (Lipinski definition) is 16. The molecule has 0 saturated carbocycles. The maximum absolute atomic E-state index is 14.1. The zero-order valence-electron chi connectivity index (χ0n) is 37.4. The molecule has 0 bridgehead atoms. The minimum Gasteiger partial charge on any atom is -0.481 e. The van der Waals surface area contributed by atoms with Crippen LogP contribution in [0.15, 0.2) is 0 Å². The molecule has 3 heterocycles. The second-order valence-corrected chi connectivity index (χ2v) is 17.7. The quantitative estimate of drug-likeness (QED) is 0.0864. The number of aliphatic hydroxyl groups excluding tert-OH is 3. The van der Waals surface area contributed by atoms with Crippen LogP contribution in [-0.2, 0) is 57.5 Å². The van der Waals surface area contributed by atoms with Gasteiger partial charge in [-0.15, -0.1) is 0 Å². The minimum absolute atomic E-state index is 0.134. The summed E-state index contributed by atoms with van der Waals surface area (Å²) in [4.78, 5) is 161. The predicted molar refractivity (Wildman–Crippen MR) is 230 cm³/mol. The molecule has 11 amide bonds. The lowest BCUT2D eigenvalue weighted by Gasteiger charge is -2.34. The van der Waals surface area contributed by atoms with Gasteiger partial charge in [-0.05, 0) is 63.4 Å². The van der Waals surface area contributed by atoms with Crippen molar-refractivity contribution in [3.63, 3.8) is 0 Å². The number of carbonyl (C=O) groups is 12. The van der Waals surface area contributed by atoms with Gasteiger partial charge in [-0.1, -0.05) is 13.8 Å². The molecule has 2 unspecified atom stereocenters. The summed E-state index contributed by atoms with van der Waals surface area (Å²) < 4.78 is 0. The number of fused-ring (bicyclic) bond motifs is 2. The zero-order chi connectivity index (χ0) is 50.4. The number of rotatable bonds is 12. The number of amides is 11. The molecule has 0 aromatic rings. The predicted octanol–water partition coefficient (Wildman–Crippen LogP) is -6.95. The van der Waals surface area contributed by atoms with Crippen LogP contribution in [0.2, 0.25) is 0 Å². The second-order valence-electron chi connectivity index (χ2n) is 16.7. The minimum atomic E-state index is -1.87. The van der Waals surface area contributed by atoms with E-state index < -0.39 is 176 Å². The van der Waals surface area contributed by atoms with Crippen molar-refractivity contribution in [2.24, 2.45) is 17.4 Å². The Balaban J connectivity index is 2.14. The van der Waals surface area contributed by atoms with E-state index in [1.807, 2.05) is 0 Å². The standard InChI is InChI=1S/C39H61N11O16S/c1-16(2)30-37(64)46-21(14-25(41)53)38(65)49-22(6-8-27(49)55)35(62)42-15-26(54)43-20(13-24(40)52)34(61)44-18(5-10-29(57)58)32(59)45-19(11-12-67-4)33(60)48-31(17(3)51)39(66)50-23(36(63)47-30)7-9-28(50)56/h16-23,27-28,30-31,51,55-56H,5-15H2,1-4H3,(H2,40,52)(H2,41,53)(H,42,62)(H,43,54)(H,44,61)(H,45,59)(H,46,64)(H,47,63)(H,48,60)(H,57,58)/t17-,18+,19+,20+,21+,22+,23+,27?,28?,30+,31+/m1/s1. The van der Waals surface area contributed by atoms with E-state index in [-0.39, 0.29) is 37.9 Å². The van der Waals surface area contributed by atoms with Crippen LogP contribution in [-0.4, -0.2) is 187 Å². The van der Waals surface area contributed by atoms with Crippen molar-refractivity contribution < 1.29 is 78.0 Å². The number of nitrogens with two attached hydrogens (primary N) is 2. The molecule has 15 N–H and O–H groups in total. The van der Waals surface area contributed by atoms with E-state index in [1.54, 1.807) is 6.26 Å². The summed E-state index contributed by atoms with van der Waals surface area (Å²) in [5.41, 5.74) is 10.7. The fourth-order valence-corrected chi connectivity index (χ4v) is 8.13. The Kier molecular flexibility index (Phi) is 20.7. The summed E-state index contributed by atoms with van der Waals surface area (Å²) in [7, 11) is 0. The molecule has 67 heavy (non-hydrogen) atoms. The van der Waals surface area contributed by atoms with E-state index in [0.717, 1.165) is 6.92 Å². The summed E-state index contributed by atoms with van der Waals surface area (Å²) in [5, 5.41) is 58.3.